The van der Waals surface area contributed by atoms with Gasteiger partial charge in [-0.2, -0.15) is 0 Å². The summed E-state index contributed by atoms with van der Waals surface area (Å²) in [6, 6.07) is 15.5. The minimum atomic E-state index is -0.461. The van der Waals surface area contributed by atoms with Crippen molar-refractivity contribution in [3.05, 3.63) is 72.1 Å². The van der Waals surface area contributed by atoms with Crippen LogP contribution in [0.3, 0.4) is 0 Å². The van der Waals surface area contributed by atoms with E-state index in [9.17, 15) is 9.59 Å². The van der Waals surface area contributed by atoms with Crippen molar-refractivity contribution in [1.82, 2.24) is 15.4 Å². The molecule has 0 fully saturated rings. The molecule has 5 N–H and O–H groups in total. The minimum absolute atomic E-state index is 0.166. The smallest absolute Gasteiger partial charge is 0.340 e. The van der Waals surface area contributed by atoms with Crippen molar-refractivity contribution in [2.45, 2.75) is 6.92 Å². The van der Waals surface area contributed by atoms with E-state index in [0.29, 0.717) is 16.8 Å². The Morgan fingerprint density at radius 1 is 1.00 bits per heavy atom. The van der Waals surface area contributed by atoms with Gasteiger partial charge < -0.3 is 15.8 Å². The van der Waals surface area contributed by atoms with Crippen molar-refractivity contribution in [2.24, 2.45) is 0 Å². The lowest BCUT2D eigenvalue weighted by atomic mass is 10.2. The predicted octanol–water partition coefficient (Wildman–Crippen LogP) is 2.74. The first-order valence-corrected chi connectivity index (χ1v) is 8.85. The highest BCUT2D eigenvalue weighted by Gasteiger charge is 2.15. The van der Waals surface area contributed by atoms with E-state index in [1.165, 1.54) is 6.33 Å². The predicted molar refractivity (Wildman–Crippen MR) is 110 cm³/mol. The van der Waals surface area contributed by atoms with Crippen LogP contribution in [0.15, 0.2) is 60.9 Å². The Balaban J connectivity index is 1.76. The number of benzene rings is 2. The van der Waals surface area contributed by atoms with Gasteiger partial charge in [0.05, 0.1) is 17.9 Å². The van der Waals surface area contributed by atoms with Crippen molar-refractivity contribution in [2.75, 3.05) is 23.1 Å². The molecule has 0 bridgehead atoms. The number of carbonyl (C=O) groups is 2. The van der Waals surface area contributed by atoms with Gasteiger partial charge in [0.25, 0.3) is 5.91 Å². The van der Waals surface area contributed by atoms with E-state index in [1.54, 1.807) is 55.5 Å². The van der Waals surface area contributed by atoms with E-state index in [2.05, 4.69) is 26.1 Å². The summed E-state index contributed by atoms with van der Waals surface area (Å²) in [7, 11) is 0. The van der Waals surface area contributed by atoms with Gasteiger partial charge in [-0.3, -0.25) is 15.6 Å². The quantitative estimate of drug-likeness (QED) is 0.356. The topological polar surface area (TPSA) is 131 Å². The summed E-state index contributed by atoms with van der Waals surface area (Å²) in [5.41, 5.74) is 12.8. The number of esters is 1. The van der Waals surface area contributed by atoms with Gasteiger partial charge >= 0.3 is 5.97 Å². The number of para-hydroxylation sites is 1. The van der Waals surface area contributed by atoms with Crippen LogP contribution in [0.25, 0.3) is 0 Å². The fourth-order valence-electron chi connectivity index (χ4n) is 2.48. The molecule has 9 nitrogen and oxygen atoms in total. The lowest BCUT2D eigenvalue weighted by Crippen LogP contribution is -2.30. The summed E-state index contributed by atoms with van der Waals surface area (Å²) in [5.74, 6) is -0.323. The summed E-state index contributed by atoms with van der Waals surface area (Å²) < 4.78 is 5.06. The average molecular weight is 392 g/mol. The lowest BCUT2D eigenvalue weighted by Gasteiger charge is -2.14. The number of hydrogen-bond donors (Lipinski definition) is 4. The number of anilines is 4. The molecule has 0 aliphatic carbocycles. The van der Waals surface area contributed by atoms with E-state index in [1.807, 2.05) is 6.07 Å². The van der Waals surface area contributed by atoms with Gasteiger partial charge in [-0.25, -0.2) is 14.8 Å². The SMILES string of the molecule is CCOC(=O)c1ccccc1Nc1ncnc(NNC(=O)c2ccccc2)c1N. The normalized spacial score (nSPS) is 10.1. The number of aromatic nitrogens is 2. The van der Waals surface area contributed by atoms with Crippen LogP contribution in [0.4, 0.5) is 23.0 Å². The summed E-state index contributed by atoms with van der Waals surface area (Å²) in [4.78, 5) is 32.4. The number of nitrogens with zero attached hydrogens (tertiary/aromatic N) is 2. The molecule has 148 valence electrons. The first kappa shape index (κ1) is 19.6. The lowest BCUT2D eigenvalue weighted by molar-refractivity contribution is 0.0527. The largest absolute Gasteiger partial charge is 0.462 e. The first-order valence-electron chi connectivity index (χ1n) is 8.85. The third-order valence-corrected chi connectivity index (χ3v) is 3.89. The van der Waals surface area contributed by atoms with Crippen LogP contribution in [0.1, 0.15) is 27.6 Å². The maximum Gasteiger partial charge on any atom is 0.340 e. The van der Waals surface area contributed by atoms with E-state index < -0.39 is 5.97 Å². The zero-order valence-electron chi connectivity index (χ0n) is 15.7. The second-order valence-corrected chi connectivity index (χ2v) is 5.82. The van der Waals surface area contributed by atoms with E-state index in [-0.39, 0.29) is 29.8 Å². The van der Waals surface area contributed by atoms with Crippen LogP contribution in [0.2, 0.25) is 0 Å². The first-order chi connectivity index (χ1) is 14.1. The van der Waals surface area contributed by atoms with Gasteiger partial charge in [0.1, 0.15) is 12.0 Å². The molecular weight excluding hydrogens is 372 g/mol. The molecule has 1 amide bonds. The molecule has 3 rings (SSSR count). The van der Waals surface area contributed by atoms with Gasteiger partial charge in [-0.1, -0.05) is 30.3 Å². The molecule has 9 heteroatoms. The molecule has 0 radical (unpaired) electrons. The van der Waals surface area contributed by atoms with Crippen molar-refractivity contribution in [3.8, 4) is 0 Å². The van der Waals surface area contributed by atoms with Gasteiger partial charge in [-0.15, -0.1) is 0 Å². The fourth-order valence-corrected chi connectivity index (χ4v) is 2.48. The number of amides is 1. The van der Waals surface area contributed by atoms with Gasteiger partial charge in [0, 0.05) is 5.56 Å². The fraction of sp³-hybridized carbons (Fsp3) is 0.100. The second kappa shape index (κ2) is 9.18. The molecule has 0 aliphatic rings. The molecule has 29 heavy (non-hydrogen) atoms. The zero-order valence-corrected chi connectivity index (χ0v) is 15.7. The molecular formula is C20H20N6O3. The maximum absolute atomic E-state index is 12.2. The molecule has 2 aromatic carbocycles. The summed E-state index contributed by atoms with van der Waals surface area (Å²) in [5, 5.41) is 3.01. The Labute approximate surface area is 167 Å². The van der Waals surface area contributed by atoms with Crippen LogP contribution in [0, 0.1) is 0 Å². The van der Waals surface area contributed by atoms with Gasteiger partial charge in [0.15, 0.2) is 11.6 Å². The van der Waals surface area contributed by atoms with E-state index in [4.69, 9.17) is 10.5 Å². The molecule has 0 saturated carbocycles. The monoisotopic (exact) mass is 392 g/mol. The Morgan fingerprint density at radius 3 is 2.45 bits per heavy atom. The number of nitrogens with two attached hydrogens (primary N) is 1. The van der Waals surface area contributed by atoms with Gasteiger partial charge in [-0.05, 0) is 31.2 Å². The average Bonchev–Trinajstić information content (AvgIpc) is 2.75. The molecule has 1 aromatic heterocycles. The van der Waals surface area contributed by atoms with Crippen LogP contribution >= 0.6 is 0 Å². The van der Waals surface area contributed by atoms with Crippen molar-refractivity contribution in [3.63, 3.8) is 0 Å². The van der Waals surface area contributed by atoms with Gasteiger partial charge in [0.2, 0.25) is 0 Å². The Kier molecular flexibility index (Phi) is 6.21. The molecule has 0 unspecified atom stereocenters. The second-order valence-electron chi connectivity index (χ2n) is 5.82. The minimum Gasteiger partial charge on any atom is -0.462 e. The number of ether oxygens (including phenoxy) is 1. The van der Waals surface area contributed by atoms with Crippen LogP contribution in [-0.4, -0.2) is 28.5 Å². The van der Waals surface area contributed by atoms with Crippen LogP contribution in [-0.2, 0) is 4.74 Å². The number of rotatable bonds is 7. The molecule has 0 spiro atoms. The number of nitrogen functional groups attached to an aromatic ring is 1. The highest BCUT2D eigenvalue weighted by atomic mass is 16.5. The number of carbonyl (C=O) groups excluding carboxylic acids is 2. The molecule has 1 heterocycles. The number of nitrogens with one attached hydrogen (secondary N) is 3. The highest BCUT2D eigenvalue weighted by molar-refractivity contribution is 5.97. The Hall–Kier alpha value is -4.14. The van der Waals surface area contributed by atoms with Crippen LogP contribution in [0.5, 0.6) is 0 Å². The standard InChI is InChI=1S/C20H20N6O3/c1-2-29-20(28)14-10-6-7-11-15(14)24-17-16(21)18(23-12-22-17)25-26-19(27)13-8-4-3-5-9-13/h3-12H,2,21H2,1H3,(H,26,27)(H2,22,23,24,25). The molecule has 3 aromatic rings. The van der Waals surface area contributed by atoms with Crippen molar-refractivity contribution >= 4 is 34.9 Å². The maximum atomic E-state index is 12.2. The zero-order chi connectivity index (χ0) is 20.6. The summed E-state index contributed by atoms with van der Waals surface area (Å²) >= 11 is 0. The molecule has 0 saturated heterocycles. The number of hydrogen-bond acceptors (Lipinski definition) is 8. The molecule has 0 aliphatic heterocycles. The number of hydrazine groups is 1. The van der Waals surface area contributed by atoms with Crippen molar-refractivity contribution in [1.29, 1.82) is 0 Å². The van der Waals surface area contributed by atoms with Crippen molar-refractivity contribution < 1.29 is 14.3 Å². The third kappa shape index (κ3) is 4.78. The third-order valence-electron chi connectivity index (χ3n) is 3.89. The Morgan fingerprint density at radius 2 is 1.69 bits per heavy atom. The summed E-state index contributed by atoms with van der Waals surface area (Å²) in [6.45, 7) is 2.00. The van der Waals surface area contributed by atoms with E-state index >= 15 is 0 Å². The summed E-state index contributed by atoms with van der Waals surface area (Å²) in [6.07, 6.45) is 1.28. The van der Waals surface area contributed by atoms with Crippen LogP contribution < -0.4 is 21.9 Å². The van der Waals surface area contributed by atoms with E-state index in [0.717, 1.165) is 0 Å². The molecule has 0 atom stereocenters. The highest BCUT2D eigenvalue weighted by Crippen LogP contribution is 2.27. The Bertz CT molecular complexity index is 1010.